The minimum absolute atomic E-state index is 0.0830. The van der Waals surface area contributed by atoms with Crippen LogP contribution >= 0.6 is 11.8 Å². The molecule has 1 amide bonds. The Hall–Kier alpha value is -2.33. The van der Waals surface area contributed by atoms with Gasteiger partial charge in [0.2, 0.25) is 5.91 Å². The van der Waals surface area contributed by atoms with Gasteiger partial charge >= 0.3 is 0 Å². The molecule has 2 nitrogen and oxygen atoms in total. The number of anilines is 1. The first kappa shape index (κ1) is 14.3. The minimum Gasteiger partial charge on any atom is -0.295 e. The highest BCUT2D eigenvalue weighted by Crippen LogP contribution is 2.42. The lowest BCUT2D eigenvalue weighted by molar-refractivity contribution is -0.115. The third-order valence-corrected chi connectivity index (χ3v) is 5.25. The molecule has 1 heterocycles. The zero-order valence-electron chi connectivity index (χ0n) is 12.3. The Labute approximate surface area is 137 Å². The van der Waals surface area contributed by atoms with Gasteiger partial charge < -0.3 is 0 Å². The second kappa shape index (κ2) is 5.70. The Kier molecular flexibility index (Phi) is 3.54. The number of rotatable bonds is 2. The van der Waals surface area contributed by atoms with E-state index < -0.39 is 0 Å². The van der Waals surface area contributed by atoms with Crippen LogP contribution in [0.3, 0.4) is 0 Å². The molecule has 3 aromatic rings. The second-order valence-electron chi connectivity index (χ2n) is 5.51. The second-order valence-corrected chi connectivity index (χ2v) is 6.58. The van der Waals surface area contributed by atoms with Crippen LogP contribution < -0.4 is 4.90 Å². The van der Waals surface area contributed by atoms with Gasteiger partial charge in [-0.1, -0.05) is 42.5 Å². The molecule has 0 saturated carbocycles. The molecule has 1 saturated heterocycles. The van der Waals surface area contributed by atoms with Gasteiger partial charge in [-0.3, -0.25) is 9.69 Å². The first-order chi connectivity index (χ1) is 11.2. The summed E-state index contributed by atoms with van der Waals surface area (Å²) in [6.45, 7) is 0. The minimum atomic E-state index is -0.264. The van der Waals surface area contributed by atoms with E-state index in [0.717, 1.165) is 22.0 Å². The zero-order valence-corrected chi connectivity index (χ0v) is 13.1. The van der Waals surface area contributed by atoms with Crippen molar-refractivity contribution < 1.29 is 9.18 Å². The quantitative estimate of drug-likeness (QED) is 0.678. The highest BCUT2D eigenvalue weighted by molar-refractivity contribution is 8.00. The van der Waals surface area contributed by atoms with E-state index in [2.05, 4.69) is 6.07 Å². The third kappa shape index (κ3) is 2.59. The molecule has 0 spiro atoms. The van der Waals surface area contributed by atoms with Gasteiger partial charge in [0.05, 0.1) is 5.75 Å². The molecule has 0 N–H and O–H groups in total. The first-order valence-corrected chi connectivity index (χ1v) is 8.45. The maximum Gasteiger partial charge on any atom is 0.238 e. The number of carbonyl (C=O) groups excluding carboxylic acids is 1. The van der Waals surface area contributed by atoms with Gasteiger partial charge in [-0.2, -0.15) is 0 Å². The molecular formula is C19H14FNOS. The maximum atomic E-state index is 13.2. The monoisotopic (exact) mass is 323 g/mol. The molecular weight excluding hydrogens is 309 g/mol. The molecule has 114 valence electrons. The number of fused-ring (bicyclic) bond motifs is 1. The summed E-state index contributed by atoms with van der Waals surface area (Å²) < 4.78 is 13.2. The molecule has 0 unspecified atom stereocenters. The van der Waals surface area contributed by atoms with Gasteiger partial charge in [0.15, 0.2) is 0 Å². The predicted octanol–water partition coefficient (Wildman–Crippen LogP) is 4.76. The van der Waals surface area contributed by atoms with Gasteiger partial charge in [-0.15, -0.1) is 11.8 Å². The van der Waals surface area contributed by atoms with E-state index in [1.807, 2.05) is 41.3 Å². The number of halogens is 1. The van der Waals surface area contributed by atoms with Gasteiger partial charge in [-0.25, -0.2) is 4.39 Å². The summed E-state index contributed by atoms with van der Waals surface area (Å²) in [5.74, 6) is 0.259. The normalized spacial score (nSPS) is 17.9. The van der Waals surface area contributed by atoms with Crippen molar-refractivity contribution in [3.05, 3.63) is 78.1 Å². The van der Waals surface area contributed by atoms with Crippen LogP contribution in [0.15, 0.2) is 66.7 Å². The molecule has 1 fully saturated rings. The van der Waals surface area contributed by atoms with E-state index in [0.29, 0.717) is 5.75 Å². The number of hydrogen-bond donors (Lipinski definition) is 0. The van der Waals surface area contributed by atoms with Crippen LogP contribution in [0, 0.1) is 5.82 Å². The highest BCUT2D eigenvalue weighted by atomic mass is 32.2. The van der Waals surface area contributed by atoms with Crippen molar-refractivity contribution in [3.63, 3.8) is 0 Å². The average Bonchev–Trinajstić information content (AvgIpc) is 2.97. The zero-order chi connectivity index (χ0) is 15.8. The SMILES string of the molecule is O=C1CS[C@H](c2ccc(F)cc2)N1c1ccc2ccccc2c1. The van der Waals surface area contributed by atoms with E-state index in [-0.39, 0.29) is 17.1 Å². The summed E-state index contributed by atoms with van der Waals surface area (Å²) in [6.07, 6.45) is 0. The van der Waals surface area contributed by atoms with E-state index in [4.69, 9.17) is 0 Å². The number of hydrogen-bond acceptors (Lipinski definition) is 2. The van der Waals surface area contributed by atoms with E-state index in [9.17, 15) is 9.18 Å². The third-order valence-electron chi connectivity index (χ3n) is 4.03. The summed E-state index contributed by atoms with van der Waals surface area (Å²) in [5, 5.41) is 2.14. The van der Waals surface area contributed by atoms with Crippen molar-refractivity contribution in [1.29, 1.82) is 0 Å². The molecule has 1 aliphatic rings. The Morgan fingerprint density at radius 3 is 2.48 bits per heavy atom. The Bertz CT molecular complexity index is 878. The van der Waals surface area contributed by atoms with Crippen LogP contribution in [0.25, 0.3) is 10.8 Å². The van der Waals surface area contributed by atoms with E-state index >= 15 is 0 Å². The molecule has 0 aliphatic carbocycles. The van der Waals surface area contributed by atoms with Crippen molar-refractivity contribution in [2.45, 2.75) is 5.37 Å². The van der Waals surface area contributed by atoms with Crippen LogP contribution in [-0.4, -0.2) is 11.7 Å². The van der Waals surface area contributed by atoms with Crippen LogP contribution in [0.1, 0.15) is 10.9 Å². The molecule has 23 heavy (non-hydrogen) atoms. The van der Waals surface area contributed by atoms with Gasteiger partial charge in [0, 0.05) is 5.69 Å². The maximum absolute atomic E-state index is 13.2. The fourth-order valence-corrected chi connectivity index (χ4v) is 4.08. The van der Waals surface area contributed by atoms with E-state index in [1.165, 1.54) is 12.1 Å². The topological polar surface area (TPSA) is 20.3 Å². The lowest BCUT2D eigenvalue weighted by Crippen LogP contribution is -2.27. The van der Waals surface area contributed by atoms with Gasteiger partial charge in [0.1, 0.15) is 11.2 Å². The van der Waals surface area contributed by atoms with Crippen LogP contribution in [0.2, 0.25) is 0 Å². The van der Waals surface area contributed by atoms with Crippen LogP contribution in [0.4, 0.5) is 10.1 Å². The molecule has 3 aromatic carbocycles. The summed E-state index contributed by atoms with van der Waals surface area (Å²) in [5.41, 5.74) is 1.82. The van der Waals surface area contributed by atoms with Gasteiger partial charge in [-0.05, 0) is 40.6 Å². The molecule has 0 aromatic heterocycles. The summed E-state index contributed by atoms with van der Waals surface area (Å²) in [6, 6.07) is 20.5. The average molecular weight is 323 g/mol. The summed E-state index contributed by atoms with van der Waals surface area (Å²) in [4.78, 5) is 14.2. The van der Waals surface area contributed by atoms with Crippen molar-refractivity contribution in [1.82, 2.24) is 0 Å². The van der Waals surface area contributed by atoms with Crippen molar-refractivity contribution in [2.24, 2.45) is 0 Å². The lowest BCUT2D eigenvalue weighted by atomic mass is 10.1. The molecule has 4 heteroatoms. The van der Waals surface area contributed by atoms with Crippen LogP contribution in [0.5, 0.6) is 0 Å². The predicted molar refractivity (Wildman–Crippen MR) is 93.0 cm³/mol. The van der Waals surface area contributed by atoms with Gasteiger partial charge in [0.25, 0.3) is 0 Å². The number of amides is 1. The molecule has 1 aliphatic heterocycles. The fourth-order valence-electron chi connectivity index (χ4n) is 2.90. The number of carbonyl (C=O) groups is 1. The van der Waals surface area contributed by atoms with Crippen molar-refractivity contribution >= 4 is 34.1 Å². The summed E-state index contributed by atoms with van der Waals surface area (Å²) >= 11 is 1.57. The number of nitrogens with zero attached hydrogens (tertiary/aromatic N) is 1. The largest absolute Gasteiger partial charge is 0.295 e. The number of benzene rings is 3. The Morgan fingerprint density at radius 2 is 1.70 bits per heavy atom. The van der Waals surface area contributed by atoms with Crippen molar-refractivity contribution in [2.75, 3.05) is 10.7 Å². The molecule has 1 atom stereocenters. The Morgan fingerprint density at radius 1 is 0.957 bits per heavy atom. The first-order valence-electron chi connectivity index (χ1n) is 7.40. The Balaban J connectivity index is 1.76. The van der Waals surface area contributed by atoms with Crippen molar-refractivity contribution in [3.8, 4) is 0 Å². The highest BCUT2D eigenvalue weighted by Gasteiger charge is 2.34. The fraction of sp³-hybridized carbons (Fsp3) is 0.105. The van der Waals surface area contributed by atoms with E-state index in [1.54, 1.807) is 23.9 Å². The lowest BCUT2D eigenvalue weighted by Gasteiger charge is -2.24. The summed E-state index contributed by atoms with van der Waals surface area (Å²) in [7, 11) is 0. The standard InChI is InChI=1S/C19H14FNOS/c20-16-8-5-14(6-9-16)19-21(18(22)12-23-19)17-10-7-13-3-1-2-4-15(13)11-17/h1-11,19H,12H2/t19-/m1/s1. The van der Waals surface area contributed by atoms with Crippen LogP contribution in [-0.2, 0) is 4.79 Å². The number of thioether (sulfide) groups is 1. The molecule has 4 rings (SSSR count). The molecule has 0 radical (unpaired) electrons. The smallest absolute Gasteiger partial charge is 0.238 e. The molecule has 0 bridgehead atoms.